The summed E-state index contributed by atoms with van der Waals surface area (Å²) < 4.78 is 3.85. The Kier molecular flexibility index (Phi) is 4.76. The van der Waals surface area contributed by atoms with Gasteiger partial charge < -0.3 is 4.90 Å². The lowest BCUT2D eigenvalue weighted by Gasteiger charge is -2.25. The van der Waals surface area contributed by atoms with Crippen molar-refractivity contribution in [3.8, 4) is 0 Å². The van der Waals surface area contributed by atoms with Gasteiger partial charge in [-0.3, -0.25) is 9.48 Å². The molecule has 7 heteroatoms. The first-order valence-electron chi connectivity index (χ1n) is 11.0. The van der Waals surface area contributed by atoms with Gasteiger partial charge in [0.15, 0.2) is 5.65 Å². The number of hydrogen-bond donors (Lipinski definition) is 0. The minimum Gasteiger partial charge on any atom is -0.334 e. The molecule has 0 bridgehead atoms. The third-order valence-corrected chi connectivity index (χ3v) is 6.16. The molecule has 1 fully saturated rings. The van der Waals surface area contributed by atoms with E-state index < -0.39 is 0 Å². The van der Waals surface area contributed by atoms with Crippen molar-refractivity contribution in [1.29, 1.82) is 0 Å². The highest BCUT2D eigenvalue weighted by atomic mass is 16.2. The number of aryl methyl sites for hydroxylation is 1. The van der Waals surface area contributed by atoms with E-state index in [1.54, 1.807) is 0 Å². The summed E-state index contributed by atoms with van der Waals surface area (Å²) in [5.41, 5.74) is 3.90. The van der Waals surface area contributed by atoms with Crippen LogP contribution in [0.15, 0.2) is 48.8 Å². The Bertz CT molecular complexity index is 1250. The van der Waals surface area contributed by atoms with Gasteiger partial charge in [0.1, 0.15) is 0 Å². The van der Waals surface area contributed by atoms with E-state index in [-0.39, 0.29) is 17.4 Å². The second-order valence-corrected chi connectivity index (χ2v) is 9.34. The van der Waals surface area contributed by atoms with Gasteiger partial charge in [0.2, 0.25) is 5.91 Å². The molecule has 0 N–H and O–H groups in total. The summed E-state index contributed by atoms with van der Waals surface area (Å²) in [6.07, 6.45) is 6.06. The number of carbonyl (C=O) groups is 1. The van der Waals surface area contributed by atoms with E-state index in [1.807, 2.05) is 62.9 Å². The van der Waals surface area contributed by atoms with E-state index in [2.05, 4.69) is 30.9 Å². The molecular weight excluding hydrogens is 388 g/mol. The summed E-state index contributed by atoms with van der Waals surface area (Å²) >= 11 is 0. The van der Waals surface area contributed by atoms with Crippen LogP contribution in [-0.4, -0.2) is 41.7 Å². The SMILES string of the molecule is CC(C)(C)c1cc2nccc([C@H]3CCCN3C(=O)CCn3ncc4ccccc43)n2n1. The lowest BCUT2D eigenvalue weighted by atomic mass is 9.93. The summed E-state index contributed by atoms with van der Waals surface area (Å²) in [6, 6.07) is 12.2. The van der Waals surface area contributed by atoms with Crippen LogP contribution in [0.5, 0.6) is 0 Å². The number of fused-ring (bicyclic) bond motifs is 2. The van der Waals surface area contributed by atoms with Gasteiger partial charge in [-0.25, -0.2) is 9.50 Å². The van der Waals surface area contributed by atoms with Crippen LogP contribution < -0.4 is 0 Å². The van der Waals surface area contributed by atoms with Crippen LogP contribution in [0.2, 0.25) is 0 Å². The predicted molar refractivity (Wildman–Crippen MR) is 120 cm³/mol. The first-order chi connectivity index (χ1) is 14.9. The number of hydrogen-bond acceptors (Lipinski definition) is 4. The average molecular weight is 417 g/mol. The molecule has 0 radical (unpaired) electrons. The molecule has 31 heavy (non-hydrogen) atoms. The molecule has 1 aliphatic rings. The van der Waals surface area contributed by atoms with Crippen LogP contribution in [0.3, 0.4) is 0 Å². The largest absolute Gasteiger partial charge is 0.334 e. The molecule has 0 spiro atoms. The van der Waals surface area contributed by atoms with Crippen LogP contribution >= 0.6 is 0 Å². The summed E-state index contributed by atoms with van der Waals surface area (Å²) in [6.45, 7) is 7.81. The number of aromatic nitrogens is 5. The van der Waals surface area contributed by atoms with Gasteiger partial charge in [-0.1, -0.05) is 39.0 Å². The Balaban J connectivity index is 1.38. The maximum atomic E-state index is 13.2. The zero-order chi connectivity index (χ0) is 21.6. The number of likely N-dealkylation sites (tertiary alicyclic amines) is 1. The summed E-state index contributed by atoms with van der Waals surface area (Å²) in [7, 11) is 0. The average Bonchev–Trinajstić information content (AvgIpc) is 3.49. The molecule has 160 valence electrons. The van der Waals surface area contributed by atoms with Crippen LogP contribution in [0.25, 0.3) is 16.6 Å². The lowest BCUT2D eigenvalue weighted by molar-refractivity contribution is -0.132. The zero-order valence-electron chi connectivity index (χ0n) is 18.3. The normalized spacial score (nSPS) is 17.1. The van der Waals surface area contributed by atoms with Gasteiger partial charge in [-0.15, -0.1) is 0 Å². The number of carbonyl (C=O) groups excluding carboxylic acids is 1. The summed E-state index contributed by atoms with van der Waals surface area (Å²) in [4.78, 5) is 19.7. The van der Waals surface area contributed by atoms with Gasteiger partial charge in [0.25, 0.3) is 0 Å². The maximum absolute atomic E-state index is 13.2. The molecule has 4 aromatic rings. The highest BCUT2D eigenvalue weighted by molar-refractivity contribution is 5.79. The number of nitrogens with zero attached hydrogens (tertiary/aromatic N) is 6. The molecule has 0 saturated carbocycles. The van der Waals surface area contributed by atoms with Gasteiger partial charge in [-0.05, 0) is 25.0 Å². The summed E-state index contributed by atoms with van der Waals surface area (Å²) in [5.74, 6) is 0.162. The summed E-state index contributed by atoms with van der Waals surface area (Å²) in [5, 5.41) is 10.4. The van der Waals surface area contributed by atoms with E-state index in [0.29, 0.717) is 13.0 Å². The van der Waals surface area contributed by atoms with Crippen molar-refractivity contribution in [2.45, 2.75) is 58.0 Å². The maximum Gasteiger partial charge on any atom is 0.225 e. The van der Waals surface area contributed by atoms with E-state index in [4.69, 9.17) is 5.10 Å². The van der Waals surface area contributed by atoms with E-state index in [1.165, 1.54) is 0 Å². The molecule has 7 nitrogen and oxygen atoms in total. The first kappa shape index (κ1) is 19.7. The van der Waals surface area contributed by atoms with Crippen molar-refractivity contribution >= 4 is 22.5 Å². The monoisotopic (exact) mass is 416 g/mol. The molecule has 5 rings (SSSR count). The Labute approximate surface area is 181 Å². The molecule has 1 saturated heterocycles. The van der Waals surface area contributed by atoms with Crippen molar-refractivity contribution in [2.24, 2.45) is 0 Å². The zero-order valence-corrected chi connectivity index (χ0v) is 18.3. The van der Waals surface area contributed by atoms with Gasteiger partial charge >= 0.3 is 0 Å². The number of amides is 1. The quantitative estimate of drug-likeness (QED) is 0.502. The Hall–Kier alpha value is -3.22. The predicted octanol–water partition coefficient (Wildman–Crippen LogP) is 4.13. The molecule has 1 aromatic carbocycles. The Morgan fingerprint density at radius 2 is 2.03 bits per heavy atom. The Morgan fingerprint density at radius 1 is 1.19 bits per heavy atom. The fourth-order valence-electron chi connectivity index (χ4n) is 4.45. The van der Waals surface area contributed by atoms with Crippen LogP contribution in [0.1, 0.15) is 57.5 Å². The highest BCUT2D eigenvalue weighted by Gasteiger charge is 2.32. The van der Waals surface area contributed by atoms with E-state index in [9.17, 15) is 4.79 Å². The van der Waals surface area contributed by atoms with Gasteiger partial charge in [-0.2, -0.15) is 10.2 Å². The number of para-hydroxylation sites is 1. The Morgan fingerprint density at radius 3 is 2.87 bits per heavy atom. The molecule has 1 aliphatic heterocycles. The smallest absolute Gasteiger partial charge is 0.225 e. The van der Waals surface area contributed by atoms with Crippen molar-refractivity contribution in [3.05, 3.63) is 60.2 Å². The molecule has 1 atom stereocenters. The van der Waals surface area contributed by atoms with Crippen molar-refractivity contribution in [2.75, 3.05) is 6.54 Å². The van der Waals surface area contributed by atoms with Gasteiger partial charge in [0.05, 0.1) is 35.7 Å². The number of benzene rings is 1. The topological polar surface area (TPSA) is 68.3 Å². The molecule has 0 unspecified atom stereocenters. The van der Waals surface area contributed by atoms with Crippen molar-refractivity contribution in [1.82, 2.24) is 29.3 Å². The molecule has 4 heterocycles. The minimum absolute atomic E-state index is 0.0279. The van der Waals surface area contributed by atoms with Gasteiger partial charge in [0, 0.05) is 36.0 Å². The lowest BCUT2D eigenvalue weighted by Crippen LogP contribution is -2.32. The molecular formula is C24H28N6O. The van der Waals surface area contributed by atoms with Crippen molar-refractivity contribution in [3.63, 3.8) is 0 Å². The molecule has 1 amide bonds. The molecule has 3 aromatic heterocycles. The second kappa shape index (κ2) is 7.48. The van der Waals surface area contributed by atoms with Crippen LogP contribution in [0, 0.1) is 0 Å². The first-order valence-corrected chi connectivity index (χ1v) is 11.0. The van der Waals surface area contributed by atoms with E-state index in [0.717, 1.165) is 47.3 Å². The molecule has 0 aliphatic carbocycles. The second-order valence-electron chi connectivity index (χ2n) is 9.34. The van der Waals surface area contributed by atoms with Crippen LogP contribution in [-0.2, 0) is 16.8 Å². The fraction of sp³-hybridized carbons (Fsp3) is 0.417. The highest BCUT2D eigenvalue weighted by Crippen LogP contribution is 2.33. The third kappa shape index (κ3) is 3.58. The van der Waals surface area contributed by atoms with Crippen LogP contribution in [0.4, 0.5) is 0 Å². The van der Waals surface area contributed by atoms with Crippen molar-refractivity contribution < 1.29 is 4.79 Å². The van der Waals surface area contributed by atoms with E-state index >= 15 is 0 Å². The number of rotatable bonds is 4. The minimum atomic E-state index is -0.0529. The fourth-order valence-corrected chi connectivity index (χ4v) is 4.45. The third-order valence-electron chi connectivity index (χ3n) is 6.16. The standard InChI is InChI=1S/C24H28N6O/c1-24(2,3)21-15-22-25-12-10-20(30(22)27-21)19-9-6-13-28(19)23(31)11-14-29-18-8-5-4-7-17(18)16-26-29/h4-5,7-8,10,12,15-16,19H,6,9,11,13-14H2,1-3H3/t19-/m1/s1.